The third kappa shape index (κ3) is 3.73. The van der Waals surface area contributed by atoms with Crippen LogP contribution in [-0.4, -0.2) is 19.0 Å². The molecule has 1 heterocycles. The topological polar surface area (TPSA) is 35.2 Å². The molecule has 0 amide bonds. The van der Waals surface area contributed by atoms with Crippen LogP contribution in [0.25, 0.3) is 0 Å². The maximum Gasteiger partial charge on any atom is 0.330 e. The lowest BCUT2D eigenvalue weighted by molar-refractivity contribution is -0.168. The van der Waals surface area contributed by atoms with Gasteiger partial charge in [0.25, 0.3) is 0 Å². The predicted molar refractivity (Wildman–Crippen MR) is 52.8 cm³/mol. The third-order valence-electron chi connectivity index (χ3n) is 1.78. The summed E-state index contributed by atoms with van der Waals surface area (Å²) in [6, 6.07) is 3.42. The van der Waals surface area contributed by atoms with Crippen molar-refractivity contribution in [3.63, 3.8) is 0 Å². The van der Waals surface area contributed by atoms with Crippen molar-refractivity contribution in [2.24, 2.45) is 5.73 Å². The van der Waals surface area contributed by atoms with Crippen LogP contribution in [0.1, 0.15) is 9.75 Å². The molecule has 0 aromatic carbocycles. The summed E-state index contributed by atoms with van der Waals surface area (Å²) in [5.74, 6) is -4.09. The standard InChI is InChI=1S/C9H11F4NOS/c10-8(11)9(12,13)5-15-4-7-2-1-6(3-14)16-7/h1-2,8H,3-5,14H2. The fourth-order valence-corrected chi connectivity index (χ4v) is 1.79. The second-order valence-electron chi connectivity index (χ2n) is 3.13. The highest BCUT2D eigenvalue weighted by Gasteiger charge is 2.40. The molecule has 0 unspecified atom stereocenters. The maximum atomic E-state index is 12.4. The summed E-state index contributed by atoms with van der Waals surface area (Å²) in [4.78, 5) is 1.57. The summed E-state index contributed by atoms with van der Waals surface area (Å²) in [7, 11) is 0. The number of thiophene rings is 1. The lowest BCUT2D eigenvalue weighted by atomic mass is 10.4. The van der Waals surface area contributed by atoms with Gasteiger partial charge < -0.3 is 10.5 Å². The molecule has 7 heteroatoms. The lowest BCUT2D eigenvalue weighted by Gasteiger charge is -2.14. The van der Waals surface area contributed by atoms with E-state index in [0.717, 1.165) is 4.88 Å². The van der Waals surface area contributed by atoms with Crippen LogP contribution < -0.4 is 5.73 Å². The first-order valence-electron chi connectivity index (χ1n) is 4.47. The number of nitrogens with two attached hydrogens (primary N) is 1. The number of halogens is 4. The minimum atomic E-state index is -4.09. The Bertz CT molecular complexity index is 329. The van der Waals surface area contributed by atoms with Crippen molar-refractivity contribution in [2.45, 2.75) is 25.5 Å². The fourth-order valence-electron chi connectivity index (χ4n) is 0.960. The van der Waals surface area contributed by atoms with Gasteiger partial charge in [-0.1, -0.05) is 0 Å². The molecular formula is C9H11F4NOS. The smallest absolute Gasteiger partial charge is 0.330 e. The van der Waals surface area contributed by atoms with E-state index in [-0.39, 0.29) is 6.61 Å². The molecular weight excluding hydrogens is 246 g/mol. The van der Waals surface area contributed by atoms with Gasteiger partial charge >= 0.3 is 12.3 Å². The zero-order valence-electron chi connectivity index (χ0n) is 8.26. The molecule has 0 aliphatic heterocycles. The first kappa shape index (κ1) is 13.4. The molecule has 16 heavy (non-hydrogen) atoms. The maximum absolute atomic E-state index is 12.4. The summed E-state index contributed by atoms with van der Waals surface area (Å²) < 4.78 is 52.9. The van der Waals surface area contributed by atoms with Gasteiger partial charge in [0.2, 0.25) is 0 Å². The molecule has 0 fully saturated rings. The SMILES string of the molecule is NCc1ccc(COCC(F)(F)C(F)F)s1. The molecule has 0 saturated heterocycles. The van der Waals surface area contributed by atoms with Gasteiger partial charge in [0.05, 0.1) is 6.61 Å². The predicted octanol–water partition coefficient (Wildman–Crippen LogP) is 2.62. The van der Waals surface area contributed by atoms with Crippen molar-refractivity contribution in [3.8, 4) is 0 Å². The quantitative estimate of drug-likeness (QED) is 0.795. The van der Waals surface area contributed by atoms with Gasteiger partial charge in [-0.3, -0.25) is 0 Å². The highest BCUT2D eigenvalue weighted by Crippen LogP contribution is 2.24. The lowest BCUT2D eigenvalue weighted by Crippen LogP contribution is -2.32. The molecule has 1 aromatic heterocycles. The van der Waals surface area contributed by atoms with Crippen LogP contribution >= 0.6 is 11.3 Å². The minimum Gasteiger partial charge on any atom is -0.369 e. The Kier molecular flexibility index (Phi) is 4.69. The Morgan fingerprint density at radius 2 is 1.94 bits per heavy atom. The van der Waals surface area contributed by atoms with E-state index in [4.69, 9.17) is 5.73 Å². The monoisotopic (exact) mass is 257 g/mol. The van der Waals surface area contributed by atoms with Crippen LogP contribution in [0.3, 0.4) is 0 Å². The summed E-state index contributed by atoms with van der Waals surface area (Å²) in [6.07, 6.45) is -3.70. The number of rotatable bonds is 6. The van der Waals surface area contributed by atoms with Gasteiger partial charge in [-0.05, 0) is 12.1 Å². The number of hydrogen-bond acceptors (Lipinski definition) is 3. The van der Waals surface area contributed by atoms with E-state index < -0.39 is 19.0 Å². The summed E-state index contributed by atoms with van der Waals surface area (Å²) in [6.45, 7) is -1.02. The summed E-state index contributed by atoms with van der Waals surface area (Å²) in [5, 5.41) is 0. The van der Waals surface area contributed by atoms with Gasteiger partial charge in [-0.25, -0.2) is 8.78 Å². The van der Waals surface area contributed by atoms with Crippen molar-refractivity contribution in [1.29, 1.82) is 0 Å². The summed E-state index contributed by atoms with van der Waals surface area (Å²) in [5.41, 5.74) is 5.35. The largest absolute Gasteiger partial charge is 0.369 e. The van der Waals surface area contributed by atoms with Crippen LogP contribution in [0, 0.1) is 0 Å². The minimum absolute atomic E-state index is 0.104. The van der Waals surface area contributed by atoms with Crippen LogP contribution in [0.15, 0.2) is 12.1 Å². The molecule has 92 valence electrons. The Hall–Kier alpha value is -0.660. The second-order valence-corrected chi connectivity index (χ2v) is 4.38. The van der Waals surface area contributed by atoms with E-state index in [0.29, 0.717) is 11.4 Å². The van der Waals surface area contributed by atoms with Crippen LogP contribution in [-0.2, 0) is 17.9 Å². The van der Waals surface area contributed by atoms with Crippen molar-refractivity contribution < 1.29 is 22.3 Å². The molecule has 1 rings (SSSR count). The zero-order chi connectivity index (χ0) is 12.2. The van der Waals surface area contributed by atoms with Gasteiger partial charge in [0.15, 0.2) is 0 Å². The highest BCUT2D eigenvalue weighted by atomic mass is 32.1. The molecule has 0 spiro atoms. The average molecular weight is 257 g/mol. The Morgan fingerprint density at radius 3 is 2.44 bits per heavy atom. The summed E-state index contributed by atoms with van der Waals surface area (Å²) >= 11 is 1.31. The van der Waals surface area contributed by atoms with E-state index >= 15 is 0 Å². The first-order chi connectivity index (χ1) is 7.45. The molecule has 2 nitrogen and oxygen atoms in total. The Labute approximate surface area is 94.0 Å². The zero-order valence-corrected chi connectivity index (χ0v) is 9.08. The normalized spacial score (nSPS) is 12.4. The second kappa shape index (κ2) is 5.60. The van der Waals surface area contributed by atoms with E-state index in [1.807, 2.05) is 0 Å². The third-order valence-corrected chi connectivity index (χ3v) is 2.86. The van der Waals surface area contributed by atoms with Crippen LogP contribution in [0.2, 0.25) is 0 Å². The molecule has 0 saturated carbocycles. The molecule has 0 aliphatic carbocycles. The van der Waals surface area contributed by atoms with E-state index in [2.05, 4.69) is 4.74 Å². The fraction of sp³-hybridized carbons (Fsp3) is 0.556. The van der Waals surface area contributed by atoms with Crippen molar-refractivity contribution >= 4 is 11.3 Å². The van der Waals surface area contributed by atoms with Crippen LogP contribution in [0.4, 0.5) is 17.6 Å². The molecule has 2 N–H and O–H groups in total. The van der Waals surface area contributed by atoms with E-state index in [1.165, 1.54) is 11.3 Å². The molecule has 0 bridgehead atoms. The van der Waals surface area contributed by atoms with Crippen LogP contribution in [0.5, 0.6) is 0 Å². The van der Waals surface area contributed by atoms with Crippen molar-refractivity contribution in [3.05, 3.63) is 21.9 Å². The van der Waals surface area contributed by atoms with Gasteiger partial charge in [0, 0.05) is 16.3 Å². The first-order valence-corrected chi connectivity index (χ1v) is 5.28. The Morgan fingerprint density at radius 1 is 1.31 bits per heavy atom. The number of alkyl halides is 4. The van der Waals surface area contributed by atoms with E-state index in [9.17, 15) is 17.6 Å². The van der Waals surface area contributed by atoms with E-state index in [1.54, 1.807) is 12.1 Å². The van der Waals surface area contributed by atoms with Gasteiger partial charge in [0.1, 0.15) is 6.61 Å². The Balaban J connectivity index is 2.35. The van der Waals surface area contributed by atoms with Gasteiger partial charge in [-0.15, -0.1) is 11.3 Å². The van der Waals surface area contributed by atoms with Gasteiger partial charge in [-0.2, -0.15) is 8.78 Å². The van der Waals surface area contributed by atoms with Crippen molar-refractivity contribution in [1.82, 2.24) is 0 Å². The number of hydrogen-bond donors (Lipinski definition) is 1. The number of ether oxygens (including phenoxy) is 1. The highest BCUT2D eigenvalue weighted by molar-refractivity contribution is 7.11. The average Bonchev–Trinajstić information content (AvgIpc) is 2.65. The molecule has 1 aromatic rings. The molecule has 0 aliphatic rings. The van der Waals surface area contributed by atoms with Crippen molar-refractivity contribution in [2.75, 3.05) is 6.61 Å². The molecule has 0 radical (unpaired) electrons. The molecule has 0 atom stereocenters.